The number of nitrogens with zero attached hydrogens (tertiary/aromatic N) is 2. The zero-order chi connectivity index (χ0) is 13.5. The van der Waals surface area contributed by atoms with Crippen LogP contribution in [0, 0.1) is 17.8 Å². The van der Waals surface area contributed by atoms with Crippen molar-refractivity contribution in [2.45, 2.75) is 31.5 Å². The first-order valence-corrected chi connectivity index (χ1v) is 8.04. The number of guanidine groups is 1. The van der Waals surface area contributed by atoms with Gasteiger partial charge in [0.15, 0.2) is 5.96 Å². The summed E-state index contributed by atoms with van der Waals surface area (Å²) in [5.74, 6) is 3.20. The van der Waals surface area contributed by atoms with E-state index in [9.17, 15) is 0 Å². The quantitative estimate of drug-likeness (QED) is 0.426. The van der Waals surface area contributed by atoms with Crippen molar-refractivity contribution < 1.29 is 9.47 Å². The smallest absolute Gasteiger partial charge is 0.193 e. The van der Waals surface area contributed by atoms with Crippen molar-refractivity contribution in [3.8, 4) is 0 Å². The number of hydrogen-bond acceptors (Lipinski definition) is 3. The van der Waals surface area contributed by atoms with E-state index in [0.29, 0.717) is 18.1 Å². The lowest BCUT2D eigenvalue weighted by Crippen LogP contribution is -2.43. The number of rotatable bonds is 2. The first kappa shape index (κ1) is 15.8. The lowest BCUT2D eigenvalue weighted by atomic mass is 9.82. The molecule has 2 bridgehead atoms. The van der Waals surface area contributed by atoms with Gasteiger partial charge in [0.05, 0.1) is 18.8 Å². The van der Waals surface area contributed by atoms with Crippen LogP contribution in [0.15, 0.2) is 4.99 Å². The maximum absolute atomic E-state index is 6.04. The van der Waals surface area contributed by atoms with Crippen LogP contribution in [-0.4, -0.2) is 63.0 Å². The number of aliphatic imine (C=N–C) groups is 1. The highest BCUT2D eigenvalue weighted by atomic mass is 127. The lowest BCUT2D eigenvalue weighted by Gasteiger charge is -2.24. The first-order valence-electron chi connectivity index (χ1n) is 8.04. The molecule has 5 nitrogen and oxygen atoms in total. The Morgan fingerprint density at radius 2 is 1.90 bits per heavy atom. The fourth-order valence-electron chi connectivity index (χ4n) is 4.45. The van der Waals surface area contributed by atoms with E-state index in [2.05, 4.69) is 15.2 Å². The minimum atomic E-state index is 0. The monoisotopic (exact) mass is 407 g/mol. The molecule has 0 spiro atoms. The summed E-state index contributed by atoms with van der Waals surface area (Å²) in [5, 5.41) is 3.55. The number of halogens is 1. The number of hydrogen-bond donors (Lipinski definition) is 1. The molecule has 120 valence electrons. The van der Waals surface area contributed by atoms with E-state index in [4.69, 9.17) is 9.47 Å². The van der Waals surface area contributed by atoms with Gasteiger partial charge >= 0.3 is 0 Å². The van der Waals surface area contributed by atoms with Gasteiger partial charge in [-0.25, -0.2) is 0 Å². The summed E-state index contributed by atoms with van der Waals surface area (Å²) in [6.07, 6.45) is 4.76. The molecule has 0 aliphatic carbocycles. The van der Waals surface area contributed by atoms with Crippen LogP contribution in [-0.2, 0) is 9.47 Å². The second-order valence-electron chi connectivity index (χ2n) is 6.68. The average molecular weight is 407 g/mol. The molecule has 4 aliphatic heterocycles. The summed E-state index contributed by atoms with van der Waals surface area (Å²) in [6.45, 7) is 5.04. The molecule has 4 heterocycles. The van der Waals surface area contributed by atoms with E-state index in [-0.39, 0.29) is 24.0 Å². The predicted molar refractivity (Wildman–Crippen MR) is 92.2 cm³/mol. The molecule has 6 heteroatoms. The van der Waals surface area contributed by atoms with Crippen LogP contribution < -0.4 is 5.32 Å². The number of nitrogens with one attached hydrogen (secondary N) is 1. The van der Waals surface area contributed by atoms with Crippen LogP contribution in [0.3, 0.4) is 0 Å². The van der Waals surface area contributed by atoms with Gasteiger partial charge in [-0.2, -0.15) is 0 Å². The Hall–Kier alpha value is -0.0800. The van der Waals surface area contributed by atoms with E-state index in [0.717, 1.165) is 50.6 Å². The first-order chi connectivity index (χ1) is 9.85. The van der Waals surface area contributed by atoms with Crippen molar-refractivity contribution in [3.63, 3.8) is 0 Å². The van der Waals surface area contributed by atoms with Crippen LogP contribution in [0.1, 0.15) is 19.3 Å². The average Bonchev–Trinajstić information content (AvgIpc) is 3.22. The van der Waals surface area contributed by atoms with Gasteiger partial charge in [0.1, 0.15) is 0 Å². The van der Waals surface area contributed by atoms with Crippen LogP contribution in [0.25, 0.3) is 0 Å². The zero-order valence-corrected chi connectivity index (χ0v) is 15.0. The lowest BCUT2D eigenvalue weighted by molar-refractivity contribution is 0.0767. The van der Waals surface area contributed by atoms with E-state index in [1.807, 2.05) is 7.05 Å². The Labute approximate surface area is 143 Å². The molecular weight excluding hydrogens is 381 g/mol. The Morgan fingerprint density at radius 1 is 1.19 bits per heavy atom. The van der Waals surface area contributed by atoms with Gasteiger partial charge in [-0.3, -0.25) is 4.99 Å². The minimum Gasteiger partial charge on any atom is -0.381 e. The molecule has 0 saturated carbocycles. The zero-order valence-electron chi connectivity index (χ0n) is 12.7. The molecule has 0 amide bonds. The maximum atomic E-state index is 6.04. The van der Waals surface area contributed by atoms with Gasteiger partial charge in [-0.05, 0) is 19.3 Å². The van der Waals surface area contributed by atoms with E-state index in [1.165, 1.54) is 19.3 Å². The van der Waals surface area contributed by atoms with Crippen LogP contribution in [0.5, 0.6) is 0 Å². The summed E-state index contributed by atoms with van der Waals surface area (Å²) in [7, 11) is 1.90. The summed E-state index contributed by atoms with van der Waals surface area (Å²) < 4.78 is 11.5. The van der Waals surface area contributed by atoms with Gasteiger partial charge in [-0.15, -0.1) is 24.0 Å². The van der Waals surface area contributed by atoms with Crippen molar-refractivity contribution in [1.29, 1.82) is 0 Å². The Kier molecular flexibility index (Phi) is 4.95. The fraction of sp³-hybridized carbons (Fsp3) is 0.933. The standard InChI is InChI=1S/C15H25N3O2.HI/c1-16-15(17-6-10-4-5-19-9-10)18-7-11-12(8-18)14-3-2-13(11)20-14;/h10-14H,2-9H2,1H3,(H,16,17);1H. The van der Waals surface area contributed by atoms with Crippen LogP contribution in [0.4, 0.5) is 0 Å². The largest absolute Gasteiger partial charge is 0.381 e. The van der Waals surface area contributed by atoms with Gasteiger partial charge in [-0.1, -0.05) is 0 Å². The topological polar surface area (TPSA) is 46.1 Å². The molecule has 1 N–H and O–H groups in total. The molecule has 4 aliphatic rings. The molecule has 4 saturated heterocycles. The van der Waals surface area contributed by atoms with Gasteiger partial charge in [0.25, 0.3) is 0 Å². The summed E-state index contributed by atoms with van der Waals surface area (Å²) in [6, 6.07) is 0. The molecule has 0 radical (unpaired) electrons. The number of likely N-dealkylation sites (tertiary alicyclic amines) is 1. The van der Waals surface area contributed by atoms with Crippen molar-refractivity contribution in [2.75, 3.05) is 39.9 Å². The molecule has 5 unspecified atom stereocenters. The highest BCUT2D eigenvalue weighted by molar-refractivity contribution is 14.0. The maximum Gasteiger partial charge on any atom is 0.193 e. The molecule has 0 aromatic heterocycles. The van der Waals surface area contributed by atoms with E-state index >= 15 is 0 Å². The van der Waals surface area contributed by atoms with Gasteiger partial charge < -0.3 is 19.7 Å². The summed E-state index contributed by atoms with van der Waals surface area (Å²) >= 11 is 0. The van der Waals surface area contributed by atoms with E-state index in [1.54, 1.807) is 0 Å². The highest BCUT2D eigenvalue weighted by Crippen LogP contribution is 2.47. The van der Waals surface area contributed by atoms with Crippen LogP contribution in [0.2, 0.25) is 0 Å². The fourth-order valence-corrected chi connectivity index (χ4v) is 4.45. The van der Waals surface area contributed by atoms with Crippen molar-refractivity contribution in [3.05, 3.63) is 0 Å². The SMILES string of the molecule is CN=C(NCC1CCOC1)N1CC2C3CCC(O3)C2C1.I. The van der Waals surface area contributed by atoms with Crippen molar-refractivity contribution >= 4 is 29.9 Å². The Bertz CT molecular complexity index is 382. The molecule has 4 rings (SSSR count). The minimum absolute atomic E-state index is 0. The number of fused-ring (bicyclic) bond motifs is 5. The number of ether oxygens (including phenoxy) is 2. The molecule has 4 fully saturated rings. The summed E-state index contributed by atoms with van der Waals surface area (Å²) in [5.41, 5.74) is 0. The third kappa shape index (κ3) is 2.91. The normalized spacial score (nSPS) is 41.3. The predicted octanol–water partition coefficient (Wildman–Crippen LogP) is 1.33. The van der Waals surface area contributed by atoms with Crippen molar-refractivity contribution in [1.82, 2.24) is 10.2 Å². The third-order valence-electron chi connectivity index (χ3n) is 5.54. The Balaban J connectivity index is 0.00000132. The molecule has 21 heavy (non-hydrogen) atoms. The second-order valence-corrected chi connectivity index (χ2v) is 6.68. The molecule has 0 aromatic rings. The van der Waals surface area contributed by atoms with Gasteiger partial charge in [0.2, 0.25) is 0 Å². The third-order valence-corrected chi connectivity index (χ3v) is 5.54. The molecule has 5 atom stereocenters. The van der Waals surface area contributed by atoms with Crippen molar-refractivity contribution in [2.24, 2.45) is 22.7 Å². The van der Waals surface area contributed by atoms with Crippen LogP contribution >= 0.6 is 24.0 Å². The highest BCUT2D eigenvalue weighted by Gasteiger charge is 2.53. The van der Waals surface area contributed by atoms with Gasteiger partial charge in [0, 0.05) is 51.0 Å². The summed E-state index contributed by atoms with van der Waals surface area (Å²) in [4.78, 5) is 6.92. The molecule has 0 aromatic carbocycles. The Morgan fingerprint density at radius 3 is 2.48 bits per heavy atom. The van der Waals surface area contributed by atoms with E-state index < -0.39 is 0 Å². The second kappa shape index (κ2) is 6.58. The molecular formula is C15H26IN3O2.